The molecule has 0 spiro atoms. The maximum absolute atomic E-state index is 13.4. The second kappa shape index (κ2) is 9.38. The average Bonchev–Trinajstić information content (AvgIpc) is 2.91. The predicted molar refractivity (Wildman–Crippen MR) is 129 cm³/mol. The number of carbonyl (C=O) groups is 3. The van der Waals surface area contributed by atoms with E-state index in [1.54, 1.807) is 55.5 Å². The van der Waals surface area contributed by atoms with Gasteiger partial charge in [-0.25, -0.2) is 0 Å². The van der Waals surface area contributed by atoms with Crippen LogP contribution in [0.4, 0.5) is 0 Å². The first-order valence-electron chi connectivity index (χ1n) is 11.5. The molecule has 0 unspecified atom stereocenters. The predicted octanol–water partition coefficient (Wildman–Crippen LogP) is 3.17. The zero-order chi connectivity index (χ0) is 24.5. The lowest BCUT2D eigenvalue weighted by atomic mass is 9.90. The molecule has 8 nitrogen and oxygen atoms in total. The molecular weight excluding hydrogens is 448 g/mol. The number of rotatable bonds is 6. The maximum Gasteiger partial charge on any atom is 0.261 e. The minimum absolute atomic E-state index is 0.118. The Morgan fingerprint density at radius 3 is 2.34 bits per heavy atom. The van der Waals surface area contributed by atoms with Gasteiger partial charge >= 0.3 is 0 Å². The van der Waals surface area contributed by atoms with Gasteiger partial charge in [-0.05, 0) is 47.7 Å². The summed E-state index contributed by atoms with van der Waals surface area (Å²) >= 11 is 0. The number of carbonyl (C=O) groups excluding carboxylic acids is 3. The number of hydrogen-bond donors (Lipinski definition) is 0. The van der Waals surface area contributed by atoms with Crippen molar-refractivity contribution in [3.05, 3.63) is 70.8 Å². The molecule has 0 bridgehead atoms. The van der Waals surface area contributed by atoms with Crippen LogP contribution in [0.1, 0.15) is 36.6 Å². The van der Waals surface area contributed by atoms with Gasteiger partial charge in [0.15, 0.2) is 11.5 Å². The van der Waals surface area contributed by atoms with Crippen LogP contribution in [0.15, 0.2) is 48.5 Å². The molecule has 2 aliphatic rings. The maximum atomic E-state index is 13.4. The summed E-state index contributed by atoms with van der Waals surface area (Å²) in [6, 6.07) is 14.2. The first kappa shape index (κ1) is 22.9. The smallest absolute Gasteiger partial charge is 0.261 e. The van der Waals surface area contributed by atoms with E-state index in [2.05, 4.69) is 0 Å². The van der Waals surface area contributed by atoms with E-state index in [-0.39, 0.29) is 24.3 Å². The van der Waals surface area contributed by atoms with Crippen molar-refractivity contribution in [2.24, 2.45) is 0 Å². The first-order chi connectivity index (χ1) is 17.0. The average molecular weight is 475 g/mol. The monoisotopic (exact) mass is 474 g/mol. The zero-order valence-electron chi connectivity index (χ0n) is 19.7. The van der Waals surface area contributed by atoms with Crippen molar-refractivity contribution in [3.63, 3.8) is 0 Å². The van der Waals surface area contributed by atoms with Crippen molar-refractivity contribution in [2.45, 2.75) is 6.42 Å². The van der Waals surface area contributed by atoms with Crippen molar-refractivity contribution in [3.8, 4) is 11.5 Å². The van der Waals surface area contributed by atoms with Crippen molar-refractivity contribution in [1.82, 2.24) is 9.80 Å². The second-order valence-electron chi connectivity index (χ2n) is 8.49. The third kappa shape index (κ3) is 4.00. The molecule has 0 radical (unpaired) electrons. The van der Waals surface area contributed by atoms with Crippen LogP contribution in [0.25, 0.3) is 10.8 Å². The van der Waals surface area contributed by atoms with Gasteiger partial charge in [0.2, 0.25) is 0 Å². The molecule has 3 aromatic carbocycles. The van der Waals surface area contributed by atoms with E-state index in [0.29, 0.717) is 71.7 Å². The quantitative estimate of drug-likeness (QED) is 0.510. The van der Waals surface area contributed by atoms with Gasteiger partial charge in [-0.15, -0.1) is 0 Å². The highest BCUT2D eigenvalue weighted by Crippen LogP contribution is 2.33. The van der Waals surface area contributed by atoms with E-state index in [1.807, 2.05) is 12.1 Å². The molecule has 0 aliphatic carbocycles. The number of benzene rings is 3. The molecule has 8 heteroatoms. The van der Waals surface area contributed by atoms with Gasteiger partial charge in [-0.3, -0.25) is 19.3 Å². The summed E-state index contributed by atoms with van der Waals surface area (Å²) in [7, 11) is 3.13. The fourth-order valence-corrected chi connectivity index (χ4v) is 4.75. The standard InChI is InChI=1S/C27H26N2O6/c1-33-22-9-6-17(16-23(22)34-2)10-11-29-26(31)20-5-3-4-18-19(7-8-21(24(18)20)27(29)32)25(30)28-12-14-35-15-13-28/h3-9,16H,10-15H2,1-2H3. The molecule has 1 fully saturated rings. The Morgan fingerprint density at radius 2 is 1.63 bits per heavy atom. The summed E-state index contributed by atoms with van der Waals surface area (Å²) in [5.74, 6) is 0.375. The minimum Gasteiger partial charge on any atom is -0.493 e. The van der Waals surface area contributed by atoms with Crippen molar-refractivity contribution < 1.29 is 28.6 Å². The number of morpholine rings is 1. The normalized spacial score (nSPS) is 15.5. The largest absolute Gasteiger partial charge is 0.493 e. The number of methoxy groups -OCH3 is 2. The highest BCUT2D eigenvalue weighted by atomic mass is 16.5. The molecule has 3 aromatic rings. The Morgan fingerprint density at radius 1 is 0.914 bits per heavy atom. The van der Waals surface area contributed by atoms with Crippen LogP contribution >= 0.6 is 0 Å². The van der Waals surface area contributed by atoms with E-state index in [9.17, 15) is 14.4 Å². The lowest BCUT2D eigenvalue weighted by Crippen LogP contribution is -2.42. The van der Waals surface area contributed by atoms with Gasteiger partial charge < -0.3 is 19.1 Å². The molecule has 5 rings (SSSR count). The highest BCUT2D eigenvalue weighted by molar-refractivity contribution is 6.27. The number of ether oxygens (including phenoxy) is 3. The molecule has 1 saturated heterocycles. The molecule has 0 saturated carbocycles. The Hall–Kier alpha value is -3.91. The summed E-state index contributed by atoms with van der Waals surface area (Å²) in [5.41, 5.74) is 2.27. The molecule has 2 aliphatic heterocycles. The summed E-state index contributed by atoms with van der Waals surface area (Å²) in [6.07, 6.45) is 0.469. The number of hydrogen-bond acceptors (Lipinski definition) is 6. The van der Waals surface area contributed by atoms with Crippen LogP contribution in [-0.4, -0.2) is 74.6 Å². The Labute approximate surface area is 203 Å². The van der Waals surface area contributed by atoms with Crippen LogP contribution in [0, 0.1) is 0 Å². The van der Waals surface area contributed by atoms with Crippen molar-refractivity contribution in [2.75, 3.05) is 47.1 Å². The van der Waals surface area contributed by atoms with E-state index in [4.69, 9.17) is 14.2 Å². The molecule has 0 atom stereocenters. The molecule has 2 heterocycles. The lowest BCUT2D eigenvalue weighted by molar-refractivity contribution is 0.0304. The summed E-state index contributed by atoms with van der Waals surface area (Å²) in [5, 5.41) is 1.17. The Balaban J connectivity index is 1.45. The van der Waals surface area contributed by atoms with Crippen LogP contribution in [0.3, 0.4) is 0 Å². The summed E-state index contributed by atoms with van der Waals surface area (Å²) < 4.78 is 16.0. The first-order valence-corrected chi connectivity index (χ1v) is 11.5. The molecule has 35 heavy (non-hydrogen) atoms. The SMILES string of the molecule is COc1ccc(CCN2C(=O)c3cccc4c(C(=O)N5CCOCC5)ccc(c34)C2=O)cc1OC. The number of imide groups is 1. The van der Waals surface area contributed by atoms with Gasteiger partial charge in [0, 0.05) is 41.7 Å². The van der Waals surface area contributed by atoms with Gasteiger partial charge in [-0.2, -0.15) is 0 Å². The summed E-state index contributed by atoms with van der Waals surface area (Å²) in [4.78, 5) is 43.0. The third-order valence-electron chi connectivity index (χ3n) is 6.59. The lowest BCUT2D eigenvalue weighted by Gasteiger charge is -2.30. The molecule has 3 amide bonds. The second-order valence-corrected chi connectivity index (χ2v) is 8.49. The van der Waals surface area contributed by atoms with Crippen LogP contribution < -0.4 is 9.47 Å². The van der Waals surface area contributed by atoms with E-state index < -0.39 is 0 Å². The van der Waals surface area contributed by atoms with E-state index >= 15 is 0 Å². The molecule has 180 valence electrons. The van der Waals surface area contributed by atoms with Crippen LogP contribution in [0.2, 0.25) is 0 Å². The fraction of sp³-hybridized carbons (Fsp3) is 0.296. The van der Waals surface area contributed by atoms with Crippen molar-refractivity contribution >= 4 is 28.5 Å². The van der Waals surface area contributed by atoms with E-state index in [0.717, 1.165) is 5.56 Å². The minimum atomic E-state index is -0.357. The molecule has 0 aromatic heterocycles. The number of amides is 3. The van der Waals surface area contributed by atoms with E-state index in [1.165, 1.54) is 4.90 Å². The van der Waals surface area contributed by atoms with Crippen LogP contribution in [0.5, 0.6) is 11.5 Å². The van der Waals surface area contributed by atoms with Gasteiger partial charge in [-0.1, -0.05) is 18.2 Å². The van der Waals surface area contributed by atoms with Crippen molar-refractivity contribution in [1.29, 1.82) is 0 Å². The Bertz CT molecular complexity index is 1310. The van der Waals surface area contributed by atoms with Gasteiger partial charge in [0.1, 0.15) is 0 Å². The zero-order valence-corrected chi connectivity index (χ0v) is 19.7. The molecule has 0 N–H and O–H groups in total. The van der Waals surface area contributed by atoms with Gasteiger partial charge in [0.05, 0.1) is 27.4 Å². The summed E-state index contributed by atoms with van der Waals surface area (Å²) in [6.45, 7) is 2.25. The van der Waals surface area contributed by atoms with Gasteiger partial charge in [0.25, 0.3) is 17.7 Å². The number of nitrogens with zero attached hydrogens (tertiary/aromatic N) is 2. The van der Waals surface area contributed by atoms with Crippen LogP contribution in [-0.2, 0) is 11.2 Å². The Kier molecular flexibility index (Phi) is 6.13. The molecular formula is C27H26N2O6. The fourth-order valence-electron chi connectivity index (χ4n) is 4.75. The topological polar surface area (TPSA) is 85.4 Å². The third-order valence-corrected chi connectivity index (χ3v) is 6.59. The highest BCUT2D eigenvalue weighted by Gasteiger charge is 2.34.